The number of aromatic nitrogens is 2. The fourth-order valence-corrected chi connectivity index (χ4v) is 2.45. The van der Waals surface area contributed by atoms with Crippen LogP contribution in [0.3, 0.4) is 0 Å². The zero-order valence-corrected chi connectivity index (χ0v) is 12.9. The highest BCUT2D eigenvalue weighted by Crippen LogP contribution is 2.22. The van der Waals surface area contributed by atoms with Gasteiger partial charge in [0.25, 0.3) is 5.91 Å². The molecule has 0 saturated carbocycles. The number of nitriles is 1. The van der Waals surface area contributed by atoms with Crippen LogP contribution in [0.15, 0.2) is 24.3 Å². The van der Waals surface area contributed by atoms with Gasteiger partial charge in [0.2, 0.25) is 5.78 Å². The van der Waals surface area contributed by atoms with Gasteiger partial charge in [0, 0.05) is 20.1 Å². The van der Waals surface area contributed by atoms with Crippen molar-refractivity contribution in [1.82, 2.24) is 14.5 Å². The molecule has 114 valence electrons. The van der Waals surface area contributed by atoms with Crippen molar-refractivity contribution in [3.8, 4) is 6.07 Å². The first-order chi connectivity index (χ1) is 10.5. The number of carbonyl (C=O) groups is 2. The maximum Gasteiger partial charge on any atom is 0.291 e. The predicted octanol–water partition coefficient (Wildman–Crippen LogP) is 1.62. The van der Waals surface area contributed by atoms with Crippen LogP contribution in [-0.2, 0) is 16.6 Å². The van der Waals surface area contributed by atoms with Gasteiger partial charge in [0.1, 0.15) is 5.82 Å². The lowest BCUT2D eigenvalue weighted by atomic mass is 10.0. The number of rotatable bonds is 5. The maximum absolute atomic E-state index is 12.4. The third-order valence-electron chi connectivity index (χ3n) is 3.73. The van der Waals surface area contributed by atoms with Crippen molar-refractivity contribution in [3.63, 3.8) is 0 Å². The molecule has 0 aliphatic carbocycles. The van der Waals surface area contributed by atoms with Gasteiger partial charge in [-0.05, 0) is 26.0 Å². The van der Waals surface area contributed by atoms with Crippen LogP contribution in [0.4, 0.5) is 0 Å². The fourth-order valence-electron chi connectivity index (χ4n) is 2.45. The summed E-state index contributed by atoms with van der Waals surface area (Å²) >= 11 is 0. The Bertz CT molecular complexity index is 753. The number of aryl methyl sites for hydroxylation is 1. The van der Waals surface area contributed by atoms with E-state index in [0.717, 1.165) is 5.52 Å². The molecule has 0 aliphatic rings. The molecule has 6 nitrogen and oxygen atoms in total. The van der Waals surface area contributed by atoms with Crippen LogP contribution >= 0.6 is 0 Å². The number of carbonyl (C=O) groups excluding carboxylic acids is 2. The van der Waals surface area contributed by atoms with Crippen molar-refractivity contribution in [3.05, 3.63) is 30.1 Å². The minimum absolute atomic E-state index is 0.300. The summed E-state index contributed by atoms with van der Waals surface area (Å²) in [6.45, 7) is 4.46. The topological polar surface area (TPSA) is 79.0 Å². The van der Waals surface area contributed by atoms with Gasteiger partial charge in [-0.1, -0.05) is 12.1 Å². The van der Waals surface area contributed by atoms with Gasteiger partial charge in [-0.15, -0.1) is 0 Å². The number of nitrogens with zero attached hydrogens (tertiary/aromatic N) is 4. The predicted molar refractivity (Wildman–Crippen MR) is 82.0 cm³/mol. The molecule has 6 heteroatoms. The molecule has 1 aromatic carbocycles. The van der Waals surface area contributed by atoms with E-state index in [9.17, 15) is 14.9 Å². The number of imidazole rings is 1. The van der Waals surface area contributed by atoms with Crippen LogP contribution in [0.1, 0.15) is 25.6 Å². The molecule has 0 spiro atoms. The monoisotopic (exact) mass is 298 g/mol. The average molecular weight is 298 g/mol. The Morgan fingerprint density at radius 2 is 1.95 bits per heavy atom. The van der Waals surface area contributed by atoms with Crippen molar-refractivity contribution in [2.45, 2.75) is 19.8 Å². The minimum atomic E-state index is -1.19. The van der Waals surface area contributed by atoms with Crippen LogP contribution in [0.25, 0.3) is 11.0 Å². The highest BCUT2D eigenvalue weighted by molar-refractivity contribution is 6.38. The first kappa shape index (κ1) is 15.7. The maximum atomic E-state index is 12.4. The Labute approximate surface area is 129 Å². The molecule has 1 aromatic heterocycles. The van der Waals surface area contributed by atoms with Crippen LogP contribution in [-0.4, -0.2) is 39.2 Å². The Hall–Kier alpha value is -2.68. The van der Waals surface area contributed by atoms with Crippen molar-refractivity contribution in [1.29, 1.82) is 5.26 Å². The first-order valence-corrected chi connectivity index (χ1v) is 7.19. The molecule has 0 fully saturated rings. The molecule has 1 atom stereocenters. The highest BCUT2D eigenvalue weighted by atomic mass is 16.2. The zero-order chi connectivity index (χ0) is 16.3. The number of amides is 1. The van der Waals surface area contributed by atoms with Gasteiger partial charge >= 0.3 is 0 Å². The fraction of sp³-hybridized carbons (Fsp3) is 0.375. The van der Waals surface area contributed by atoms with Crippen LogP contribution < -0.4 is 0 Å². The lowest BCUT2D eigenvalue weighted by Gasteiger charge is -2.18. The van der Waals surface area contributed by atoms with Gasteiger partial charge in [-0.2, -0.15) is 5.26 Å². The van der Waals surface area contributed by atoms with E-state index in [-0.39, 0.29) is 0 Å². The largest absolute Gasteiger partial charge is 0.337 e. The third-order valence-corrected chi connectivity index (χ3v) is 3.73. The molecule has 0 unspecified atom stereocenters. The Morgan fingerprint density at radius 3 is 2.50 bits per heavy atom. The second-order valence-corrected chi connectivity index (χ2v) is 4.92. The summed E-state index contributed by atoms with van der Waals surface area (Å²) in [6, 6.07) is 9.29. The summed E-state index contributed by atoms with van der Waals surface area (Å²) in [5.74, 6) is -2.26. The molecule has 2 aromatic rings. The Kier molecular flexibility index (Phi) is 4.56. The van der Waals surface area contributed by atoms with Crippen molar-refractivity contribution >= 4 is 22.7 Å². The van der Waals surface area contributed by atoms with Crippen LogP contribution in [0.5, 0.6) is 0 Å². The first-order valence-electron chi connectivity index (χ1n) is 7.19. The van der Waals surface area contributed by atoms with Crippen LogP contribution in [0.2, 0.25) is 0 Å². The van der Waals surface area contributed by atoms with Gasteiger partial charge in [-0.3, -0.25) is 9.59 Å². The van der Waals surface area contributed by atoms with Gasteiger partial charge in [0.05, 0.1) is 17.1 Å². The number of benzene rings is 1. The SMILES string of the molecule is CCN(CC)C(=O)C(=O)[C@H](C#N)c1nc2ccccc2n1C. The molecule has 0 N–H and O–H groups in total. The van der Waals surface area contributed by atoms with E-state index in [0.29, 0.717) is 24.4 Å². The third kappa shape index (κ3) is 2.58. The van der Waals surface area contributed by atoms with E-state index in [1.165, 1.54) is 4.90 Å². The van der Waals surface area contributed by atoms with E-state index >= 15 is 0 Å². The van der Waals surface area contributed by atoms with E-state index in [2.05, 4.69) is 4.98 Å². The molecule has 2 rings (SSSR count). The highest BCUT2D eigenvalue weighted by Gasteiger charge is 2.32. The van der Waals surface area contributed by atoms with Crippen molar-refractivity contribution in [2.75, 3.05) is 13.1 Å². The molecule has 22 heavy (non-hydrogen) atoms. The van der Waals surface area contributed by atoms with E-state index in [1.54, 1.807) is 25.5 Å². The van der Waals surface area contributed by atoms with Gasteiger partial charge in [0.15, 0.2) is 5.92 Å². The zero-order valence-electron chi connectivity index (χ0n) is 12.9. The number of ketones is 1. The number of likely N-dealkylation sites (N-methyl/N-ethyl adjacent to an activating group) is 1. The number of hydrogen-bond acceptors (Lipinski definition) is 4. The minimum Gasteiger partial charge on any atom is -0.337 e. The van der Waals surface area contributed by atoms with E-state index in [1.807, 2.05) is 30.3 Å². The molecule has 1 heterocycles. The summed E-state index contributed by atoms with van der Waals surface area (Å²) in [5, 5.41) is 9.38. The van der Waals surface area contributed by atoms with Crippen LogP contribution in [0, 0.1) is 11.3 Å². The molecule has 0 bridgehead atoms. The summed E-state index contributed by atoms with van der Waals surface area (Å²) in [5.41, 5.74) is 1.52. The second-order valence-electron chi connectivity index (χ2n) is 4.92. The number of hydrogen-bond donors (Lipinski definition) is 0. The van der Waals surface area contributed by atoms with Gasteiger partial charge < -0.3 is 9.47 Å². The molecular weight excluding hydrogens is 280 g/mol. The van der Waals surface area contributed by atoms with Crippen molar-refractivity contribution in [2.24, 2.45) is 7.05 Å². The summed E-state index contributed by atoms with van der Waals surface area (Å²) in [4.78, 5) is 30.3. The quantitative estimate of drug-likeness (QED) is 0.786. The van der Waals surface area contributed by atoms with Gasteiger partial charge in [-0.25, -0.2) is 4.98 Å². The number of fused-ring (bicyclic) bond motifs is 1. The molecule has 0 aliphatic heterocycles. The standard InChI is InChI=1S/C16H18N4O2/c1-4-20(5-2)16(22)14(21)11(10-17)15-18-12-8-6-7-9-13(12)19(15)3/h6-9,11H,4-5H2,1-3H3/t11-/m0/s1. The average Bonchev–Trinajstić information content (AvgIpc) is 2.86. The Balaban J connectivity index is 2.43. The lowest BCUT2D eigenvalue weighted by Crippen LogP contribution is -2.39. The molecule has 1 amide bonds. The van der Waals surface area contributed by atoms with Crippen molar-refractivity contribution < 1.29 is 9.59 Å². The lowest BCUT2D eigenvalue weighted by molar-refractivity contribution is -0.144. The number of para-hydroxylation sites is 2. The second kappa shape index (κ2) is 6.39. The normalized spacial score (nSPS) is 11.9. The molecule has 0 radical (unpaired) electrons. The number of Topliss-reactive ketones (excluding diaryl/α,β-unsaturated/α-hetero) is 1. The van der Waals surface area contributed by atoms with E-state index < -0.39 is 17.6 Å². The summed E-state index contributed by atoms with van der Waals surface area (Å²) < 4.78 is 1.69. The Morgan fingerprint density at radius 1 is 1.32 bits per heavy atom. The smallest absolute Gasteiger partial charge is 0.291 e. The summed E-state index contributed by atoms with van der Waals surface area (Å²) in [7, 11) is 1.74. The van der Waals surface area contributed by atoms with E-state index in [4.69, 9.17) is 0 Å². The summed E-state index contributed by atoms with van der Waals surface area (Å²) in [6.07, 6.45) is 0. The molecular formula is C16H18N4O2. The molecule has 0 saturated heterocycles.